The number of amides is 4. The predicted molar refractivity (Wildman–Crippen MR) is 190 cm³/mol. The Labute approximate surface area is 307 Å². The van der Waals surface area contributed by atoms with Gasteiger partial charge in [0.15, 0.2) is 19.0 Å². The van der Waals surface area contributed by atoms with Crippen molar-refractivity contribution < 1.29 is 48.5 Å². The maximum Gasteiger partial charge on any atom is 0.408 e. The molecule has 2 aromatic carbocycles. The lowest BCUT2D eigenvalue weighted by atomic mass is 10.1. The van der Waals surface area contributed by atoms with Crippen LogP contribution in [0.1, 0.15) is 47.9 Å². The van der Waals surface area contributed by atoms with Crippen LogP contribution in [0.2, 0.25) is 0 Å². The molecule has 2 aliphatic rings. The van der Waals surface area contributed by atoms with E-state index in [1.807, 2.05) is 48.5 Å². The number of carbonyl (C=O) groups is 6. The molecule has 2 heterocycles. The third-order valence-electron chi connectivity index (χ3n) is 9.15. The van der Waals surface area contributed by atoms with E-state index in [0.717, 1.165) is 22.3 Å². The second-order valence-corrected chi connectivity index (χ2v) is 12.8. The average Bonchev–Trinajstić information content (AvgIpc) is 3.79. The number of nitrogens with two attached hydrogens (primary N) is 2. The summed E-state index contributed by atoms with van der Waals surface area (Å²) in [6, 6.07) is 11.8. The number of nitrogens with zero attached hydrogens (tertiary/aromatic N) is 2. The number of hydrogen-bond acceptors (Lipinski definition) is 11. The summed E-state index contributed by atoms with van der Waals surface area (Å²) in [5, 5.41) is 24.3. The van der Waals surface area contributed by atoms with Gasteiger partial charge in [-0.3, -0.25) is 14.4 Å². The second kappa shape index (κ2) is 19.9. The highest BCUT2D eigenvalue weighted by atomic mass is 16.6. The number of aliphatic hydroxyl groups is 1. The lowest BCUT2D eigenvalue weighted by Crippen LogP contribution is -2.42. The predicted octanol–water partition coefficient (Wildman–Crippen LogP) is 0.210. The zero-order chi connectivity index (χ0) is 38.3. The van der Waals surface area contributed by atoms with Crippen LogP contribution < -0.4 is 22.1 Å². The van der Waals surface area contributed by atoms with E-state index in [1.165, 1.54) is 9.80 Å². The van der Waals surface area contributed by atoms with Crippen LogP contribution in [-0.4, -0.2) is 113 Å². The van der Waals surface area contributed by atoms with Crippen LogP contribution in [0.5, 0.6) is 0 Å². The molecule has 2 saturated heterocycles. The minimum absolute atomic E-state index is 0.0114. The van der Waals surface area contributed by atoms with Crippen LogP contribution in [0.15, 0.2) is 48.5 Å². The van der Waals surface area contributed by atoms with Crippen LogP contribution in [0, 0.1) is 11.8 Å². The van der Waals surface area contributed by atoms with Gasteiger partial charge in [-0.05, 0) is 41.5 Å². The first-order valence-corrected chi connectivity index (χ1v) is 17.3. The molecule has 0 bridgehead atoms. The number of Topliss-reactive ketones (excluding diaryl/α,β-unsaturated/α-hetero) is 1. The van der Waals surface area contributed by atoms with Crippen molar-refractivity contribution in [2.75, 3.05) is 32.9 Å². The standard InChI is InChI=1S/C37H46N6O10/c38-19-26-7-3-24(4-8-26)11-13-33(46)42-21-28(17-30(42)32(45)23-44)40-36(50)52-15-1-2-16-53-37(51)41-29-18-31(35(48)49)43(22-29)34(47)14-12-25-5-9-27(20-39)10-6-25/h3-10,28-31,44H,11-23,38-39H2,(H,40,50)(H,41,51)(H,48,49). The Bertz CT molecular complexity index is 1670. The Balaban J connectivity index is 1.15. The molecule has 284 valence electrons. The number of benzene rings is 2. The molecule has 2 aliphatic heterocycles. The molecule has 8 N–H and O–H groups in total. The molecule has 0 aromatic heterocycles. The minimum atomic E-state index is -1.17. The van der Waals surface area contributed by atoms with E-state index < -0.39 is 54.7 Å². The summed E-state index contributed by atoms with van der Waals surface area (Å²) in [5.74, 6) is 2.75. The fourth-order valence-corrected chi connectivity index (χ4v) is 6.27. The molecule has 4 atom stereocenters. The van der Waals surface area contributed by atoms with Gasteiger partial charge in [0.1, 0.15) is 12.6 Å². The van der Waals surface area contributed by atoms with E-state index in [4.69, 9.17) is 20.9 Å². The molecule has 2 aromatic rings. The number of nitrogens with one attached hydrogen (secondary N) is 2. The smallest absolute Gasteiger partial charge is 0.408 e. The number of rotatable bonds is 15. The molecule has 16 heteroatoms. The van der Waals surface area contributed by atoms with E-state index in [9.17, 15) is 39.0 Å². The first kappa shape index (κ1) is 40.3. The van der Waals surface area contributed by atoms with E-state index in [0.29, 0.717) is 25.9 Å². The van der Waals surface area contributed by atoms with Crippen LogP contribution in [0.4, 0.5) is 9.59 Å². The van der Waals surface area contributed by atoms with Crippen molar-refractivity contribution in [2.45, 2.75) is 75.8 Å². The van der Waals surface area contributed by atoms with Crippen LogP contribution >= 0.6 is 0 Å². The first-order chi connectivity index (χ1) is 25.5. The maximum atomic E-state index is 13.0. The monoisotopic (exact) mass is 734 g/mol. The van der Waals surface area contributed by atoms with Crippen molar-refractivity contribution in [2.24, 2.45) is 11.5 Å². The largest absolute Gasteiger partial charge is 0.480 e. The molecule has 0 saturated carbocycles. The zero-order valence-corrected chi connectivity index (χ0v) is 29.3. The van der Waals surface area contributed by atoms with Crippen molar-refractivity contribution in [1.82, 2.24) is 20.4 Å². The van der Waals surface area contributed by atoms with Crippen LogP contribution in [0.25, 0.3) is 0 Å². The van der Waals surface area contributed by atoms with Gasteiger partial charge < -0.3 is 51.6 Å². The van der Waals surface area contributed by atoms with Crippen molar-refractivity contribution in [3.63, 3.8) is 0 Å². The van der Waals surface area contributed by atoms with Gasteiger partial charge in [-0.2, -0.15) is 0 Å². The Hall–Kier alpha value is -5.50. The fraction of sp³-hybridized carbons (Fsp3) is 0.459. The lowest BCUT2D eigenvalue weighted by molar-refractivity contribution is -0.148. The van der Waals surface area contributed by atoms with E-state index >= 15 is 0 Å². The molecule has 4 unspecified atom stereocenters. The van der Waals surface area contributed by atoms with Crippen molar-refractivity contribution in [3.8, 4) is 11.8 Å². The molecular weight excluding hydrogens is 688 g/mol. The number of ketones is 1. The highest BCUT2D eigenvalue weighted by Gasteiger charge is 2.41. The van der Waals surface area contributed by atoms with Gasteiger partial charge in [-0.25, -0.2) is 14.4 Å². The van der Waals surface area contributed by atoms with Gasteiger partial charge in [-0.1, -0.05) is 60.4 Å². The molecule has 0 aliphatic carbocycles. The van der Waals surface area contributed by atoms with Gasteiger partial charge in [0, 0.05) is 45.4 Å². The topological polar surface area (TPSA) is 244 Å². The molecule has 0 radical (unpaired) electrons. The quantitative estimate of drug-likeness (QED) is 0.135. The summed E-state index contributed by atoms with van der Waals surface area (Å²) in [6.07, 6.45) is -0.431. The number of carboxylic acids is 1. The number of carbonyl (C=O) groups excluding carboxylic acids is 5. The summed E-state index contributed by atoms with van der Waals surface area (Å²) in [5.41, 5.74) is 15.0. The molecular formula is C37H46N6O10. The number of ether oxygens (including phenoxy) is 2. The Kier molecular flexibility index (Phi) is 15.1. The number of hydrogen-bond donors (Lipinski definition) is 6. The Morgan fingerprint density at radius 3 is 1.47 bits per heavy atom. The summed E-state index contributed by atoms with van der Waals surface area (Å²) < 4.78 is 10.1. The van der Waals surface area contributed by atoms with Gasteiger partial charge in [0.25, 0.3) is 0 Å². The highest BCUT2D eigenvalue weighted by Crippen LogP contribution is 2.22. The summed E-state index contributed by atoms with van der Waals surface area (Å²) in [6.45, 7) is -0.538. The highest BCUT2D eigenvalue weighted by molar-refractivity contribution is 5.90. The number of likely N-dealkylation sites (tertiary alicyclic amines) is 2. The summed E-state index contributed by atoms with van der Waals surface area (Å²) in [7, 11) is 0. The number of aliphatic hydroxyl groups excluding tert-OH is 1. The van der Waals surface area contributed by atoms with Gasteiger partial charge in [-0.15, -0.1) is 0 Å². The molecule has 0 spiro atoms. The number of aliphatic carboxylic acids is 1. The zero-order valence-electron chi connectivity index (χ0n) is 29.3. The number of aryl methyl sites for hydroxylation is 2. The van der Waals surface area contributed by atoms with Crippen molar-refractivity contribution in [3.05, 3.63) is 70.8 Å². The number of alkyl carbamates (subject to hydrolysis) is 2. The van der Waals surface area contributed by atoms with E-state index in [1.54, 1.807) is 0 Å². The average molecular weight is 735 g/mol. The molecule has 53 heavy (non-hydrogen) atoms. The summed E-state index contributed by atoms with van der Waals surface area (Å²) >= 11 is 0. The van der Waals surface area contributed by atoms with E-state index in [2.05, 4.69) is 22.5 Å². The van der Waals surface area contributed by atoms with Crippen LogP contribution in [-0.2, 0) is 54.6 Å². The van der Waals surface area contributed by atoms with E-state index in [-0.39, 0.29) is 63.8 Å². The molecule has 16 nitrogen and oxygen atoms in total. The Morgan fingerprint density at radius 1 is 0.679 bits per heavy atom. The van der Waals surface area contributed by atoms with Crippen LogP contribution in [0.3, 0.4) is 0 Å². The molecule has 4 rings (SSSR count). The summed E-state index contributed by atoms with van der Waals surface area (Å²) in [4.78, 5) is 77.5. The third-order valence-corrected chi connectivity index (χ3v) is 9.15. The number of carboxylic acid groups (broad SMARTS) is 1. The van der Waals surface area contributed by atoms with Crippen molar-refractivity contribution >= 4 is 35.8 Å². The third kappa shape index (κ3) is 12.0. The normalized spacial score (nSPS) is 19.2. The first-order valence-electron chi connectivity index (χ1n) is 17.3. The lowest BCUT2D eigenvalue weighted by Gasteiger charge is -2.23. The minimum Gasteiger partial charge on any atom is -0.480 e. The van der Waals surface area contributed by atoms with Crippen molar-refractivity contribution in [1.29, 1.82) is 0 Å². The molecule has 2 fully saturated rings. The Morgan fingerprint density at radius 2 is 1.08 bits per heavy atom. The second-order valence-electron chi connectivity index (χ2n) is 12.8. The molecule has 4 amide bonds. The SMILES string of the molecule is NCc1ccc(CCC(=O)N2CC(NC(=O)OCC#CCOC(=O)NC3CC(C(=O)CO)N(C(=O)CCc4ccc(CN)cc4)C3)CC2C(=O)O)cc1. The van der Waals surface area contributed by atoms with Gasteiger partial charge in [0.05, 0.1) is 18.1 Å². The van der Waals surface area contributed by atoms with Gasteiger partial charge >= 0.3 is 18.2 Å². The maximum absolute atomic E-state index is 13.0. The fourth-order valence-electron chi connectivity index (χ4n) is 6.27. The van der Waals surface area contributed by atoms with Gasteiger partial charge in [0.2, 0.25) is 11.8 Å².